The highest BCUT2D eigenvalue weighted by Crippen LogP contribution is 2.30. The first-order valence-electron chi connectivity index (χ1n) is 32.7. The Labute approximate surface area is 567 Å². The van der Waals surface area contributed by atoms with Crippen LogP contribution in [0.25, 0.3) is 10.4 Å². The number of likely N-dealkylation sites (N-methyl/N-ethyl adjacent to an activating group) is 2. The van der Waals surface area contributed by atoms with Crippen molar-refractivity contribution in [2.75, 3.05) is 73.5 Å². The quantitative estimate of drug-likeness (QED) is 0.0119. The minimum atomic E-state index is -1.07. The fraction of sp³-hybridized carbons (Fsp3) is 0.750. The molecule has 0 unspecified atom stereocenters. The molecule has 1 fully saturated rings. The predicted octanol–water partition coefficient (Wildman–Crippen LogP) is 6.73. The Morgan fingerprint density at radius 2 is 1.43 bits per heavy atom. The van der Waals surface area contributed by atoms with E-state index in [0.29, 0.717) is 68.3 Å². The number of azide groups is 1. The van der Waals surface area contributed by atoms with Gasteiger partial charge in [0.15, 0.2) is 0 Å². The van der Waals surface area contributed by atoms with E-state index in [9.17, 15) is 43.9 Å². The first-order chi connectivity index (χ1) is 44.2. The topological polar surface area (TPSA) is 352 Å². The summed E-state index contributed by atoms with van der Waals surface area (Å²) in [5, 5.41) is 31.1. The number of urea groups is 1. The van der Waals surface area contributed by atoms with Gasteiger partial charge in [-0.15, -0.1) is 0 Å². The average molecular weight is 1440 g/mol. The van der Waals surface area contributed by atoms with Gasteiger partial charge in [0.2, 0.25) is 41.4 Å². The number of alkyl halides is 2. The smallest absolute Gasteiger partial charge is 0.312 e. The van der Waals surface area contributed by atoms with Gasteiger partial charge in [0.25, 0.3) is 0 Å². The number of nitrogens with two attached hydrogens (primary N) is 1. The number of rotatable bonds is 44. The van der Waals surface area contributed by atoms with Crippen molar-refractivity contribution in [2.24, 2.45) is 40.4 Å². The van der Waals surface area contributed by atoms with Gasteiger partial charge in [0.1, 0.15) is 18.1 Å². The number of amides is 9. The van der Waals surface area contributed by atoms with Crippen molar-refractivity contribution >= 4 is 84.9 Å². The van der Waals surface area contributed by atoms with Gasteiger partial charge in [-0.1, -0.05) is 131 Å². The maximum absolute atomic E-state index is 14.6. The molecule has 1 saturated heterocycles. The zero-order valence-corrected chi connectivity index (χ0v) is 60.6. The number of carbonyl (C=O) groups excluding carboxylic acids is 8. The molecule has 1 aromatic heterocycles. The highest BCUT2D eigenvalue weighted by Gasteiger charge is 2.44. The molecule has 11 atom stereocenters. The molecule has 2 aromatic rings. The maximum atomic E-state index is 14.6. The zero-order valence-electron chi connectivity index (χ0n) is 57.4. The molecule has 0 bridgehead atoms. The van der Waals surface area contributed by atoms with Crippen LogP contribution in [0, 0.1) is 29.6 Å². The van der Waals surface area contributed by atoms with Crippen molar-refractivity contribution < 1.29 is 52.6 Å². The first-order valence-corrected chi connectivity index (χ1v) is 35.0. The van der Waals surface area contributed by atoms with Crippen LogP contribution in [-0.4, -0.2) is 200 Å². The predicted molar refractivity (Wildman–Crippen MR) is 365 cm³/mol. The second-order valence-corrected chi connectivity index (χ2v) is 26.6. The Balaban J connectivity index is 1.66. The highest BCUT2D eigenvalue weighted by atomic mass is 79.9. The number of hydrogen-bond acceptors (Lipinski definition) is 15. The molecule has 2 heterocycles. The molecule has 93 heavy (non-hydrogen) atoms. The number of nitrogens with one attached hydrogen (secondary N) is 6. The third-order valence-electron chi connectivity index (χ3n) is 17.2. The number of ether oxygens (including phenoxy) is 3. The molecule has 1 aromatic carbocycles. The van der Waals surface area contributed by atoms with Gasteiger partial charge < -0.3 is 61.6 Å². The number of primary amides is 1. The second-order valence-electron chi connectivity index (χ2n) is 25.5. The van der Waals surface area contributed by atoms with Gasteiger partial charge in [-0.25, -0.2) is 4.79 Å². The van der Waals surface area contributed by atoms with Crippen molar-refractivity contribution in [1.82, 2.24) is 56.3 Å². The first kappa shape index (κ1) is 81.3. The van der Waals surface area contributed by atoms with Crippen LogP contribution >= 0.6 is 31.9 Å². The van der Waals surface area contributed by atoms with E-state index in [1.165, 1.54) is 14.2 Å². The van der Waals surface area contributed by atoms with E-state index in [0.717, 1.165) is 36.2 Å². The number of anilines is 1. The van der Waals surface area contributed by atoms with E-state index in [1.807, 2.05) is 60.5 Å². The summed E-state index contributed by atoms with van der Waals surface area (Å²) < 4.78 is 17.9. The monoisotopic (exact) mass is 1430 g/mol. The number of hydrogen-bond donors (Lipinski definition) is 7. The molecular formula is C64H108Br2N16O11. The number of halogens is 2. The molecule has 0 radical (unpaired) electrons. The Kier molecular flexibility index (Phi) is 37.1. The molecule has 524 valence electrons. The Bertz CT molecular complexity index is 2690. The lowest BCUT2D eigenvalue weighted by Crippen LogP contribution is -2.59. The summed E-state index contributed by atoms with van der Waals surface area (Å²) in [7, 11) is 8.41. The Morgan fingerprint density at radius 3 is 1.99 bits per heavy atom. The van der Waals surface area contributed by atoms with Crippen LogP contribution in [0.4, 0.5) is 10.5 Å². The molecular weight excluding hydrogens is 1330 g/mol. The fourth-order valence-corrected chi connectivity index (χ4v) is 12.8. The van der Waals surface area contributed by atoms with Gasteiger partial charge in [0.05, 0.1) is 67.2 Å². The number of methoxy groups -OCH3 is 2. The number of likely N-dealkylation sites (tertiary alicyclic amines) is 1. The number of nitrogens with zero attached hydrogens (tertiary/aromatic N) is 9. The third kappa shape index (κ3) is 26.6. The zero-order chi connectivity index (χ0) is 69.5. The standard InChI is InChI=1S/C64H108Br2N16O11/c1-15-42(8)57(80(12)63(89)55(40(4)5)75-62(88)56(41(6)7)79(10)11)51(91-13)35-53(84)81-30-21-23-50(81)58(92-14)43(9)59(85)72-46(38-70-78-68)34-44-25-27-45(28-26-44)71-60(86)47(22-20-29-69-64(67)90)73-61(87)54(39(2)3)74-52(83)24-18-16-17-19-32-93-33-31-82-76-48(36-65)49(37-66)77-82/h25-28,39-43,46-47,50-51,54-58H,15-24,29-38H2,1-14H3,(H,71,86)(H,72,85)(H,73,87)(H,74,83)(H,75,88)(H3,67,69,90)/t42-,43+,46-,47-,50-,51+,54-,55-,56-,57-,58+/m0/s1. The van der Waals surface area contributed by atoms with Crippen molar-refractivity contribution in [1.29, 1.82) is 0 Å². The van der Waals surface area contributed by atoms with Crippen LogP contribution in [0.2, 0.25) is 0 Å². The van der Waals surface area contributed by atoms with E-state index < -0.39 is 78.3 Å². The summed E-state index contributed by atoms with van der Waals surface area (Å²) in [4.78, 5) is 119. The molecule has 3 rings (SSSR count). The molecule has 0 spiro atoms. The van der Waals surface area contributed by atoms with Crippen LogP contribution < -0.4 is 37.6 Å². The van der Waals surface area contributed by atoms with Crippen LogP contribution in [0.15, 0.2) is 29.4 Å². The van der Waals surface area contributed by atoms with Gasteiger partial charge in [0, 0.05) is 81.2 Å². The Hall–Kier alpha value is -5.97. The molecule has 29 heteroatoms. The molecule has 0 aliphatic carbocycles. The van der Waals surface area contributed by atoms with Gasteiger partial charge >= 0.3 is 6.03 Å². The van der Waals surface area contributed by atoms with E-state index in [2.05, 4.69) is 84.0 Å². The van der Waals surface area contributed by atoms with Crippen LogP contribution in [0.1, 0.15) is 150 Å². The maximum Gasteiger partial charge on any atom is 0.312 e. The van der Waals surface area contributed by atoms with E-state index in [-0.39, 0.29) is 98.4 Å². The molecule has 1 aliphatic heterocycles. The number of carbonyl (C=O) groups is 8. The number of benzene rings is 1. The molecule has 9 amide bonds. The van der Waals surface area contributed by atoms with Gasteiger partial charge in [-0.2, -0.15) is 15.0 Å². The summed E-state index contributed by atoms with van der Waals surface area (Å²) in [6.45, 7) is 19.1. The van der Waals surface area contributed by atoms with Crippen LogP contribution in [0.5, 0.6) is 0 Å². The number of unbranched alkanes of at least 4 members (excludes halogenated alkanes) is 3. The molecule has 8 N–H and O–H groups in total. The molecule has 0 saturated carbocycles. The SMILES string of the molecule is CC[C@H](C)[C@@H]([C@@H](CC(=O)N1CCC[C@H]1[C@H](OC)[C@@H](C)C(=O)N[C@H](CN=[N+]=[N-])Cc1ccc(NC(=O)[C@H](CCCNC(N)=O)NC(=O)[C@@H](NC(=O)CCCCCCOCCn2nc(CBr)c(CBr)n2)C(C)C)cc1)OC)N(C)C(=O)[C@@H](NC(=O)[C@H](C(C)C)N(C)C)C(C)C. The van der Waals surface area contributed by atoms with Crippen molar-refractivity contribution in [2.45, 2.75) is 211 Å². The van der Waals surface area contributed by atoms with E-state index in [1.54, 1.807) is 66.7 Å². The lowest BCUT2D eigenvalue weighted by Gasteiger charge is -2.41. The lowest BCUT2D eigenvalue weighted by atomic mass is 9.89. The number of aromatic nitrogens is 3. The Morgan fingerprint density at radius 1 is 0.785 bits per heavy atom. The minimum Gasteiger partial charge on any atom is -0.379 e. The lowest BCUT2D eigenvalue weighted by molar-refractivity contribution is -0.148. The van der Waals surface area contributed by atoms with Crippen molar-refractivity contribution in [3.05, 3.63) is 51.7 Å². The molecule has 27 nitrogen and oxygen atoms in total. The third-order valence-corrected chi connectivity index (χ3v) is 18.2. The minimum absolute atomic E-state index is 0.000782. The fourth-order valence-electron chi connectivity index (χ4n) is 11.9. The normalized spacial score (nSPS) is 16.5. The van der Waals surface area contributed by atoms with Crippen molar-refractivity contribution in [3.8, 4) is 0 Å². The average Bonchev–Trinajstić information content (AvgIpc) is 1.85. The van der Waals surface area contributed by atoms with Crippen LogP contribution in [-0.2, 0) is 71.4 Å². The van der Waals surface area contributed by atoms with E-state index >= 15 is 0 Å². The molecule has 1 aliphatic rings. The summed E-state index contributed by atoms with van der Waals surface area (Å²) in [5.74, 6) is -3.91. The second kappa shape index (κ2) is 42.5. The summed E-state index contributed by atoms with van der Waals surface area (Å²) >= 11 is 6.86. The van der Waals surface area contributed by atoms with Crippen molar-refractivity contribution in [3.63, 3.8) is 0 Å². The van der Waals surface area contributed by atoms with Gasteiger partial charge in [-0.3, -0.25) is 38.5 Å². The summed E-state index contributed by atoms with van der Waals surface area (Å²) in [6, 6.07) is 1.16. The van der Waals surface area contributed by atoms with E-state index in [4.69, 9.17) is 19.9 Å². The summed E-state index contributed by atoms with van der Waals surface area (Å²) in [6.07, 6.45) is 4.37. The van der Waals surface area contributed by atoms with Crippen LogP contribution in [0.3, 0.4) is 0 Å². The largest absolute Gasteiger partial charge is 0.379 e. The summed E-state index contributed by atoms with van der Waals surface area (Å²) in [5.41, 5.74) is 17.5. The highest BCUT2D eigenvalue weighted by molar-refractivity contribution is 9.09. The van der Waals surface area contributed by atoms with Gasteiger partial charge in [-0.05, 0) is 106 Å².